The van der Waals surface area contributed by atoms with Gasteiger partial charge in [-0.2, -0.15) is 0 Å². The van der Waals surface area contributed by atoms with Crippen LogP contribution in [0.3, 0.4) is 0 Å². The number of ether oxygens (including phenoxy) is 1. The lowest BCUT2D eigenvalue weighted by Crippen LogP contribution is -2.49. The minimum absolute atomic E-state index is 0.197. The van der Waals surface area contributed by atoms with E-state index in [0.717, 1.165) is 49.4 Å². The average Bonchev–Trinajstić information content (AvgIpc) is 3.02. The minimum atomic E-state index is -3.84. The second kappa shape index (κ2) is 10.5. The van der Waals surface area contributed by atoms with Crippen molar-refractivity contribution in [2.24, 2.45) is 11.8 Å². The lowest BCUT2D eigenvalue weighted by atomic mass is 9.68. The predicted octanol–water partition coefficient (Wildman–Crippen LogP) is 4.61. The molecule has 7 nitrogen and oxygen atoms in total. The number of benzene rings is 2. The maximum atomic E-state index is 13.0. The number of anilines is 1. The number of carbonyl (C=O) groups excluding carboxylic acids is 1. The molecule has 2 aliphatic heterocycles. The summed E-state index contributed by atoms with van der Waals surface area (Å²) < 4.78 is 33.8. The van der Waals surface area contributed by atoms with E-state index in [1.807, 2.05) is 6.07 Å². The number of sulfonamides is 1. The number of aliphatic hydroxyl groups is 1. The summed E-state index contributed by atoms with van der Waals surface area (Å²) >= 11 is 6.36. The van der Waals surface area contributed by atoms with Gasteiger partial charge in [-0.1, -0.05) is 29.8 Å². The summed E-state index contributed by atoms with van der Waals surface area (Å²) in [6.45, 7) is 1.95. The zero-order chi connectivity index (χ0) is 27.2. The van der Waals surface area contributed by atoms with Crippen LogP contribution in [0.1, 0.15) is 60.0 Å². The van der Waals surface area contributed by atoms with Crippen LogP contribution in [0.4, 0.5) is 5.69 Å². The highest BCUT2D eigenvalue weighted by atomic mass is 35.5. The van der Waals surface area contributed by atoms with Crippen LogP contribution >= 0.6 is 11.6 Å². The lowest BCUT2D eigenvalue weighted by molar-refractivity contribution is 0.0112. The maximum Gasteiger partial charge on any atom is 0.264 e. The summed E-state index contributed by atoms with van der Waals surface area (Å²) in [5, 5.41) is 11.7. The van der Waals surface area contributed by atoms with Gasteiger partial charge in [0.1, 0.15) is 5.75 Å². The quantitative estimate of drug-likeness (QED) is 0.449. The number of allylic oxidation sites excluding steroid dienone is 1. The molecule has 4 atom stereocenters. The first-order valence-electron chi connectivity index (χ1n) is 13.9. The van der Waals surface area contributed by atoms with E-state index in [1.165, 1.54) is 11.1 Å². The van der Waals surface area contributed by atoms with E-state index in [9.17, 15) is 18.3 Å². The predicted molar refractivity (Wildman–Crippen MR) is 152 cm³/mol. The first-order valence-corrected chi connectivity index (χ1v) is 15.9. The zero-order valence-electron chi connectivity index (χ0n) is 21.9. The molecule has 6 rings (SSSR count). The highest BCUT2D eigenvalue weighted by Gasteiger charge is 2.44. The SMILES string of the molecule is O=C1NS(=O)(=O)C/C=C/CC[C@H](O)[C@@H]2CC[C@H]2CN2C[C@@]3(CCCc4cc(Cl)ccc43)COc3ccc1cc32. The van der Waals surface area contributed by atoms with E-state index in [1.54, 1.807) is 30.4 Å². The number of aliphatic hydroxyl groups excluding tert-OH is 1. The highest BCUT2D eigenvalue weighted by molar-refractivity contribution is 7.90. The molecular formula is C30H35ClN2O5S. The van der Waals surface area contributed by atoms with Crippen molar-refractivity contribution in [2.45, 2.75) is 56.5 Å². The van der Waals surface area contributed by atoms with E-state index in [-0.39, 0.29) is 22.6 Å². The van der Waals surface area contributed by atoms with E-state index < -0.39 is 22.0 Å². The van der Waals surface area contributed by atoms with Crippen LogP contribution < -0.4 is 14.4 Å². The van der Waals surface area contributed by atoms with Crippen molar-refractivity contribution < 1.29 is 23.1 Å². The average molecular weight is 571 g/mol. The van der Waals surface area contributed by atoms with Crippen molar-refractivity contribution >= 4 is 33.2 Å². The molecule has 1 amide bonds. The van der Waals surface area contributed by atoms with Gasteiger partial charge in [0, 0.05) is 29.1 Å². The van der Waals surface area contributed by atoms with Gasteiger partial charge in [-0.3, -0.25) is 4.79 Å². The molecule has 4 aliphatic rings. The van der Waals surface area contributed by atoms with Gasteiger partial charge < -0.3 is 14.7 Å². The van der Waals surface area contributed by atoms with Gasteiger partial charge in [-0.15, -0.1) is 0 Å². The van der Waals surface area contributed by atoms with Gasteiger partial charge in [0.25, 0.3) is 5.91 Å². The Morgan fingerprint density at radius 1 is 1.10 bits per heavy atom. The molecule has 0 unspecified atom stereocenters. The number of hydrogen-bond donors (Lipinski definition) is 2. The van der Waals surface area contributed by atoms with E-state index in [4.69, 9.17) is 16.3 Å². The number of nitrogens with zero attached hydrogens (tertiary/aromatic N) is 1. The second-order valence-corrected chi connectivity index (χ2v) is 13.8. The molecular weight excluding hydrogens is 536 g/mol. The Balaban J connectivity index is 1.41. The molecule has 208 valence electrons. The maximum absolute atomic E-state index is 13.0. The number of hydrogen-bond acceptors (Lipinski definition) is 6. The summed E-state index contributed by atoms with van der Waals surface area (Å²) in [5.74, 6) is 0.278. The first kappa shape index (κ1) is 26.7. The van der Waals surface area contributed by atoms with Gasteiger partial charge >= 0.3 is 0 Å². The van der Waals surface area contributed by atoms with Crippen molar-refractivity contribution in [3.63, 3.8) is 0 Å². The number of rotatable bonds is 0. The summed E-state index contributed by atoms with van der Waals surface area (Å²) in [7, 11) is -3.84. The number of fused-ring (bicyclic) bond motifs is 4. The highest BCUT2D eigenvalue weighted by Crippen LogP contribution is 2.46. The summed E-state index contributed by atoms with van der Waals surface area (Å²) in [4.78, 5) is 15.4. The molecule has 39 heavy (non-hydrogen) atoms. The molecule has 9 heteroatoms. The van der Waals surface area contributed by atoms with Crippen LogP contribution in [0.25, 0.3) is 0 Å². The number of halogens is 1. The summed E-state index contributed by atoms with van der Waals surface area (Å²) in [5.41, 5.74) is 3.35. The molecule has 2 heterocycles. The molecule has 2 bridgehead atoms. The van der Waals surface area contributed by atoms with Gasteiger partial charge in [-0.05, 0) is 98.2 Å². The fourth-order valence-electron chi connectivity index (χ4n) is 6.90. The van der Waals surface area contributed by atoms with E-state index >= 15 is 0 Å². The van der Waals surface area contributed by atoms with Crippen molar-refractivity contribution in [1.82, 2.24) is 4.72 Å². The second-order valence-electron chi connectivity index (χ2n) is 11.6. The molecule has 0 aromatic heterocycles. The largest absolute Gasteiger partial charge is 0.490 e. The van der Waals surface area contributed by atoms with Crippen LogP contribution in [0, 0.1) is 11.8 Å². The molecule has 0 radical (unpaired) electrons. The Morgan fingerprint density at radius 2 is 1.97 bits per heavy atom. The van der Waals surface area contributed by atoms with E-state index in [0.29, 0.717) is 37.7 Å². The Hall–Kier alpha value is -2.55. The third-order valence-corrected chi connectivity index (χ3v) is 10.4. The van der Waals surface area contributed by atoms with Crippen LogP contribution in [0.5, 0.6) is 5.75 Å². The summed E-state index contributed by atoms with van der Waals surface area (Å²) in [6.07, 6.45) is 9.09. The van der Waals surface area contributed by atoms with Gasteiger partial charge in [0.2, 0.25) is 10.0 Å². The van der Waals surface area contributed by atoms with Crippen LogP contribution in [0.15, 0.2) is 48.6 Å². The Morgan fingerprint density at radius 3 is 2.79 bits per heavy atom. The summed E-state index contributed by atoms with van der Waals surface area (Å²) in [6, 6.07) is 11.3. The van der Waals surface area contributed by atoms with Crippen LogP contribution in [-0.2, 0) is 21.9 Å². The molecule has 2 aliphatic carbocycles. The fourth-order valence-corrected chi connectivity index (χ4v) is 7.97. The van der Waals surface area contributed by atoms with Crippen molar-refractivity contribution in [1.29, 1.82) is 0 Å². The lowest BCUT2D eigenvalue weighted by Gasteiger charge is -2.45. The van der Waals surface area contributed by atoms with Gasteiger partial charge in [0.15, 0.2) is 0 Å². The molecule has 2 aromatic carbocycles. The normalized spacial score (nSPS) is 31.1. The Labute approximate surface area is 235 Å². The monoisotopic (exact) mass is 570 g/mol. The van der Waals surface area contributed by atoms with Crippen LogP contribution in [-0.4, -0.2) is 51.0 Å². The number of amides is 1. The van der Waals surface area contributed by atoms with Crippen molar-refractivity contribution in [3.8, 4) is 5.75 Å². The van der Waals surface area contributed by atoms with Crippen LogP contribution in [0.2, 0.25) is 5.02 Å². The minimum Gasteiger partial charge on any atom is -0.490 e. The zero-order valence-corrected chi connectivity index (χ0v) is 23.5. The first-order chi connectivity index (χ1) is 18.7. The van der Waals surface area contributed by atoms with Crippen molar-refractivity contribution in [2.75, 3.05) is 30.3 Å². The standard InChI is InChI=1S/C30H35ClN2O5S/c31-23-9-11-25-20(15-23)5-4-13-30(25)18-33-17-22-7-10-24(22)27(34)6-2-1-3-14-39(36,37)32-29(35)21-8-12-28(38-19-30)26(33)16-21/h1,3,8-9,11-12,15-16,22,24,27,34H,2,4-7,10,13-14,17-19H2,(H,32,35)/b3-1+/t22-,24+,27-,30-/m0/s1. The van der Waals surface area contributed by atoms with E-state index in [2.05, 4.69) is 21.8 Å². The molecule has 2 N–H and O–H groups in total. The van der Waals surface area contributed by atoms with Gasteiger partial charge in [0.05, 0.1) is 24.2 Å². The molecule has 1 saturated carbocycles. The van der Waals surface area contributed by atoms with Gasteiger partial charge in [-0.25, -0.2) is 13.1 Å². The molecule has 0 saturated heterocycles. The number of aryl methyl sites for hydroxylation is 1. The molecule has 1 spiro atoms. The Bertz CT molecular complexity index is 1410. The third kappa shape index (κ3) is 5.31. The third-order valence-electron chi connectivity index (χ3n) is 9.08. The number of nitrogens with one attached hydrogen (secondary N) is 1. The number of carbonyl (C=O) groups is 1. The fraction of sp³-hybridized carbons (Fsp3) is 0.500. The Kier molecular flexibility index (Phi) is 7.14. The molecule has 1 fully saturated rings. The topological polar surface area (TPSA) is 95.9 Å². The molecule has 2 aromatic rings. The smallest absolute Gasteiger partial charge is 0.264 e. The van der Waals surface area contributed by atoms with Crippen molar-refractivity contribution in [3.05, 3.63) is 70.3 Å².